The molecule has 0 radical (unpaired) electrons. The topological polar surface area (TPSA) is 32.3 Å². The van der Waals surface area contributed by atoms with Crippen LogP contribution in [0.2, 0.25) is 5.02 Å². The van der Waals surface area contributed by atoms with Gasteiger partial charge in [-0.3, -0.25) is 0 Å². The Bertz CT molecular complexity index is 419. The molecule has 1 aromatic carbocycles. The third kappa shape index (κ3) is 2.69. The molecule has 1 atom stereocenters. The molecule has 94 valence electrons. The van der Waals surface area contributed by atoms with Crippen molar-refractivity contribution in [2.24, 2.45) is 5.92 Å². The number of phenols is 1. The molecule has 0 saturated carbocycles. The van der Waals surface area contributed by atoms with Gasteiger partial charge < -0.3 is 10.4 Å². The number of aromatic hydroxyl groups is 1. The maximum absolute atomic E-state index is 13.6. The highest BCUT2D eigenvalue weighted by Crippen LogP contribution is 2.32. The number of nitrogens with one attached hydrogen (secondary N) is 1. The zero-order chi connectivity index (χ0) is 12.4. The van der Waals surface area contributed by atoms with Crippen LogP contribution in [-0.4, -0.2) is 18.2 Å². The van der Waals surface area contributed by atoms with Gasteiger partial charge in [-0.25, -0.2) is 4.39 Å². The van der Waals surface area contributed by atoms with Crippen LogP contribution in [0.5, 0.6) is 5.75 Å². The second-order valence-corrected chi connectivity index (χ2v) is 4.82. The van der Waals surface area contributed by atoms with Crippen molar-refractivity contribution in [2.75, 3.05) is 13.1 Å². The summed E-state index contributed by atoms with van der Waals surface area (Å²) >= 11 is 5.64. The third-order valence-electron chi connectivity index (χ3n) is 3.12. The van der Waals surface area contributed by atoms with Crippen LogP contribution >= 0.6 is 11.6 Å². The van der Waals surface area contributed by atoms with Gasteiger partial charge in [-0.15, -0.1) is 0 Å². The molecule has 2 rings (SSSR count). The average molecular weight is 262 g/mol. The fourth-order valence-electron chi connectivity index (χ4n) is 2.19. The lowest BCUT2D eigenvalue weighted by Crippen LogP contribution is -2.31. The Hall–Kier alpha value is -0.870. The third-order valence-corrected chi connectivity index (χ3v) is 3.41. The van der Waals surface area contributed by atoms with E-state index in [1.54, 1.807) is 0 Å². The van der Waals surface area contributed by atoms with Crippen LogP contribution in [0.1, 0.15) is 18.4 Å². The fraction of sp³-hybridized carbons (Fsp3) is 0.500. The van der Waals surface area contributed by atoms with Crippen molar-refractivity contribution >= 4 is 11.6 Å². The zero-order valence-electron chi connectivity index (χ0n) is 9.27. The number of hydrogen-bond acceptors (Lipinski definition) is 2. The van der Waals surface area contributed by atoms with Crippen LogP contribution in [0.15, 0.2) is 6.07 Å². The van der Waals surface area contributed by atoms with Crippen LogP contribution in [-0.2, 0) is 6.42 Å². The molecule has 2 nitrogen and oxygen atoms in total. The highest BCUT2D eigenvalue weighted by atomic mass is 35.5. The lowest BCUT2D eigenvalue weighted by atomic mass is 9.92. The molecule has 1 saturated heterocycles. The van der Waals surface area contributed by atoms with E-state index in [4.69, 9.17) is 16.7 Å². The summed E-state index contributed by atoms with van der Waals surface area (Å²) in [6, 6.07) is 1.31. The zero-order valence-corrected chi connectivity index (χ0v) is 10.0. The summed E-state index contributed by atoms with van der Waals surface area (Å²) in [5.41, 5.74) is 0.235. The van der Waals surface area contributed by atoms with Crippen LogP contribution < -0.4 is 5.32 Å². The molecular formula is C12H14ClF2NO. The van der Waals surface area contributed by atoms with Gasteiger partial charge >= 0.3 is 0 Å². The molecule has 5 heteroatoms. The Morgan fingerprint density at radius 1 is 1.41 bits per heavy atom. The van der Waals surface area contributed by atoms with Crippen molar-refractivity contribution < 1.29 is 13.9 Å². The van der Waals surface area contributed by atoms with Gasteiger partial charge in [-0.05, 0) is 49.9 Å². The second kappa shape index (κ2) is 5.19. The molecule has 1 unspecified atom stereocenters. The fourth-order valence-corrected chi connectivity index (χ4v) is 2.41. The molecule has 0 spiro atoms. The van der Waals surface area contributed by atoms with E-state index in [1.807, 2.05) is 0 Å². The van der Waals surface area contributed by atoms with E-state index in [1.165, 1.54) is 6.07 Å². The lowest BCUT2D eigenvalue weighted by Gasteiger charge is -2.23. The second-order valence-electron chi connectivity index (χ2n) is 4.41. The minimum atomic E-state index is -1.25. The first-order chi connectivity index (χ1) is 8.09. The van der Waals surface area contributed by atoms with Crippen molar-refractivity contribution in [3.63, 3.8) is 0 Å². The Morgan fingerprint density at radius 2 is 2.18 bits per heavy atom. The Labute approximate surface area is 104 Å². The van der Waals surface area contributed by atoms with E-state index in [-0.39, 0.29) is 10.6 Å². The molecule has 0 amide bonds. The van der Waals surface area contributed by atoms with Crippen LogP contribution in [0.4, 0.5) is 8.78 Å². The molecule has 0 bridgehead atoms. The van der Waals surface area contributed by atoms with Gasteiger partial charge in [0.25, 0.3) is 0 Å². The first-order valence-corrected chi connectivity index (χ1v) is 6.03. The van der Waals surface area contributed by atoms with Gasteiger partial charge in [0.2, 0.25) is 5.82 Å². The molecule has 0 aliphatic carbocycles. The Morgan fingerprint density at radius 3 is 2.82 bits per heavy atom. The molecule has 17 heavy (non-hydrogen) atoms. The van der Waals surface area contributed by atoms with Gasteiger partial charge in [0.15, 0.2) is 11.6 Å². The van der Waals surface area contributed by atoms with Crippen molar-refractivity contribution in [1.29, 1.82) is 0 Å². The summed E-state index contributed by atoms with van der Waals surface area (Å²) in [4.78, 5) is 0. The maximum atomic E-state index is 13.6. The predicted octanol–water partition coefficient (Wildman–Crippen LogP) is 2.87. The molecular weight excluding hydrogens is 248 g/mol. The molecule has 2 N–H and O–H groups in total. The molecule has 1 aliphatic rings. The van der Waals surface area contributed by atoms with E-state index in [0.717, 1.165) is 25.9 Å². The SMILES string of the molecule is Oc1c(Cl)cc(CC2CCCNC2)c(F)c1F. The Kier molecular flexibility index (Phi) is 3.84. The lowest BCUT2D eigenvalue weighted by molar-refractivity contribution is 0.364. The van der Waals surface area contributed by atoms with Gasteiger partial charge in [-0.2, -0.15) is 4.39 Å². The molecule has 0 aromatic heterocycles. The van der Waals surface area contributed by atoms with Crippen LogP contribution in [0, 0.1) is 17.6 Å². The van der Waals surface area contributed by atoms with Crippen molar-refractivity contribution in [2.45, 2.75) is 19.3 Å². The van der Waals surface area contributed by atoms with Gasteiger partial charge in [0, 0.05) is 0 Å². The molecule has 1 aliphatic heterocycles. The maximum Gasteiger partial charge on any atom is 0.202 e. The average Bonchev–Trinajstić information content (AvgIpc) is 2.35. The monoisotopic (exact) mass is 261 g/mol. The smallest absolute Gasteiger partial charge is 0.202 e. The largest absolute Gasteiger partial charge is 0.504 e. The van der Waals surface area contributed by atoms with E-state index >= 15 is 0 Å². The summed E-state index contributed by atoms with van der Waals surface area (Å²) in [5.74, 6) is -2.76. The van der Waals surface area contributed by atoms with E-state index in [9.17, 15) is 8.78 Å². The Balaban J connectivity index is 2.20. The van der Waals surface area contributed by atoms with Crippen molar-refractivity contribution in [3.8, 4) is 5.75 Å². The van der Waals surface area contributed by atoms with Gasteiger partial charge in [0.1, 0.15) is 0 Å². The number of rotatable bonds is 2. The standard InChI is InChI=1S/C12H14ClF2NO/c13-9-5-8(10(14)11(15)12(9)17)4-7-2-1-3-16-6-7/h5,7,16-17H,1-4,6H2. The normalized spacial score (nSPS) is 20.5. The number of benzene rings is 1. The van der Waals surface area contributed by atoms with Gasteiger partial charge in [-0.1, -0.05) is 11.6 Å². The first-order valence-electron chi connectivity index (χ1n) is 5.65. The number of halogens is 3. The van der Waals surface area contributed by atoms with E-state index < -0.39 is 17.4 Å². The van der Waals surface area contributed by atoms with Crippen molar-refractivity contribution in [3.05, 3.63) is 28.3 Å². The number of phenolic OH excluding ortho intramolecular Hbond substituents is 1. The van der Waals surface area contributed by atoms with Gasteiger partial charge in [0.05, 0.1) is 5.02 Å². The van der Waals surface area contributed by atoms with Crippen LogP contribution in [0.3, 0.4) is 0 Å². The van der Waals surface area contributed by atoms with E-state index in [2.05, 4.69) is 5.32 Å². The summed E-state index contributed by atoms with van der Waals surface area (Å²) in [5, 5.41) is 12.2. The van der Waals surface area contributed by atoms with Crippen LogP contribution in [0.25, 0.3) is 0 Å². The van der Waals surface area contributed by atoms with E-state index in [0.29, 0.717) is 12.3 Å². The first kappa shape index (κ1) is 12.6. The highest BCUT2D eigenvalue weighted by Gasteiger charge is 2.20. The summed E-state index contributed by atoms with van der Waals surface area (Å²) in [6.45, 7) is 1.78. The van der Waals surface area contributed by atoms with Crippen molar-refractivity contribution in [1.82, 2.24) is 5.32 Å². The highest BCUT2D eigenvalue weighted by molar-refractivity contribution is 6.32. The minimum absolute atomic E-state index is 0.136. The summed E-state index contributed by atoms with van der Waals surface area (Å²) < 4.78 is 26.9. The summed E-state index contributed by atoms with van der Waals surface area (Å²) in [6.07, 6.45) is 2.48. The molecule has 1 aromatic rings. The summed E-state index contributed by atoms with van der Waals surface area (Å²) in [7, 11) is 0. The predicted molar refractivity (Wildman–Crippen MR) is 62.3 cm³/mol. The number of hydrogen-bond donors (Lipinski definition) is 2. The number of piperidine rings is 1. The minimum Gasteiger partial charge on any atom is -0.504 e. The molecule has 1 heterocycles. The quantitative estimate of drug-likeness (QED) is 0.803. The molecule has 1 fully saturated rings.